The van der Waals surface area contributed by atoms with Crippen LogP contribution in [0.4, 0.5) is 0 Å². The predicted molar refractivity (Wildman–Crippen MR) is 77.0 cm³/mol. The highest BCUT2D eigenvalue weighted by Gasteiger charge is 2.18. The van der Waals surface area contributed by atoms with Gasteiger partial charge in [0.1, 0.15) is 11.9 Å². The van der Waals surface area contributed by atoms with Gasteiger partial charge in [0.25, 0.3) is 0 Å². The van der Waals surface area contributed by atoms with Gasteiger partial charge in [0, 0.05) is 17.5 Å². The number of ether oxygens (including phenoxy) is 3. The van der Waals surface area contributed by atoms with E-state index in [2.05, 4.69) is 30.1 Å². The Morgan fingerprint density at radius 2 is 2.15 bits per heavy atom. The fourth-order valence-corrected chi connectivity index (χ4v) is 2.47. The zero-order valence-electron chi connectivity index (χ0n) is 11.8. The van der Waals surface area contributed by atoms with Crippen molar-refractivity contribution in [3.05, 3.63) is 41.6 Å². The molecule has 1 fully saturated rings. The van der Waals surface area contributed by atoms with E-state index in [-0.39, 0.29) is 6.10 Å². The second-order valence-corrected chi connectivity index (χ2v) is 4.98. The van der Waals surface area contributed by atoms with E-state index in [9.17, 15) is 0 Å². The molecule has 1 aromatic heterocycles. The molecule has 1 aliphatic heterocycles. The maximum atomic E-state index is 5.72. The SMILES string of the molecule is COc1cc(C2COCCO2)ccc1-c1cc(C)c[nH]1. The van der Waals surface area contributed by atoms with Gasteiger partial charge in [-0.1, -0.05) is 6.07 Å². The van der Waals surface area contributed by atoms with E-state index in [1.807, 2.05) is 12.3 Å². The maximum Gasteiger partial charge on any atom is 0.128 e. The second-order valence-electron chi connectivity index (χ2n) is 4.98. The molecule has 1 aliphatic rings. The Hall–Kier alpha value is -1.78. The number of hydrogen-bond donors (Lipinski definition) is 1. The third-order valence-electron chi connectivity index (χ3n) is 3.53. The van der Waals surface area contributed by atoms with Crippen molar-refractivity contribution in [1.82, 2.24) is 4.98 Å². The number of H-pyrrole nitrogens is 1. The molecule has 4 nitrogen and oxygen atoms in total. The average molecular weight is 273 g/mol. The van der Waals surface area contributed by atoms with Crippen LogP contribution in [0.2, 0.25) is 0 Å². The van der Waals surface area contributed by atoms with Crippen molar-refractivity contribution in [2.75, 3.05) is 26.9 Å². The largest absolute Gasteiger partial charge is 0.496 e. The van der Waals surface area contributed by atoms with Crippen LogP contribution in [0.25, 0.3) is 11.3 Å². The predicted octanol–water partition coefficient (Wildman–Crippen LogP) is 3.09. The highest BCUT2D eigenvalue weighted by Crippen LogP contribution is 2.33. The summed E-state index contributed by atoms with van der Waals surface area (Å²) >= 11 is 0. The van der Waals surface area contributed by atoms with Crippen molar-refractivity contribution in [2.24, 2.45) is 0 Å². The van der Waals surface area contributed by atoms with Gasteiger partial charge in [-0.25, -0.2) is 0 Å². The van der Waals surface area contributed by atoms with Gasteiger partial charge in [-0.15, -0.1) is 0 Å². The molecule has 1 aromatic carbocycles. The molecule has 1 saturated heterocycles. The summed E-state index contributed by atoms with van der Waals surface area (Å²) in [5.74, 6) is 0.846. The molecular weight excluding hydrogens is 254 g/mol. The smallest absolute Gasteiger partial charge is 0.128 e. The van der Waals surface area contributed by atoms with Crippen LogP contribution in [0.3, 0.4) is 0 Å². The molecule has 106 valence electrons. The summed E-state index contributed by atoms with van der Waals surface area (Å²) in [5.41, 5.74) is 4.41. The van der Waals surface area contributed by atoms with Crippen molar-refractivity contribution in [3.8, 4) is 17.0 Å². The van der Waals surface area contributed by atoms with Crippen molar-refractivity contribution < 1.29 is 14.2 Å². The molecule has 1 N–H and O–H groups in total. The van der Waals surface area contributed by atoms with Crippen LogP contribution in [0.5, 0.6) is 5.75 Å². The summed E-state index contributed by atoms with van der Waals surface area (Å²) in [5, 5.41) is 0. The lowest BCUT2D eigenvalue weighted by atomic mass is 10.0. The summed E-state index contributed by atoms with van der Waals surface area (Å²) in [6, 6.07) is 8.29. The minimum absolute atomic E-state index is 0.00271. The number of nitrogens with one attached hydrogen (secondary N) is 1. The lowest BCUT2D eigenvalue weighted by Crippen LogP contribution is -2.21. The Kier molecular flexibility index (Phi) is 3.76. The van der Waals surface area contributed by atoms with E-state index in [4.69, 9.17) is 14.2 Å². The molecule has 2 aromatic rings. The first-order valence-electron chi connectivity index (χ1n) is 6.80. The fourth-order valence-electron chi connectivity index (χ4n) is 2.47. The zero-order valence-corrected chi connectivity index (χ0v) is 11.8. The summed E-state index contributed by atoms with van der Waals surface area (Å²) in [6.45, 7) is 3.98. The van der Waals surface area contributed by atoms with Gasteiger partial charge in [0.15, 0.2) is 0 Å². The number of rotatable bonds is 3. The van der Waals surface area contributed by atoms with Gasteiger partial charge in [0.2, 0.25) is 0 Å². The van der Waals surface area contributed by atoms with Gasteiger partial charge in [0.05, 0.1) is 26.9 Å². The molecule has 1 atom stereocenters. The van der Waals surface area contributed by atoms with E-state index in [0.29, 0.717) is 19.8 Å². The Bertz CT molecular complexity index is 585. The Balaban J connectivity index is 1.93. The van der Waals surface area contributed by atoms with Crippen LogP contribution in [0.15, 0.2) is 30.5 Å². The monoisotopic (exact) mass is 273 g/mol. The maximum absolute atomic E-state index is 5.72. The van der Waals surface area contributed by atoms with Crippen LogP contribution in [-0.4, -0.2) is 31.9 Å². The highest BCUT2D eigenvalue weighted by atomic mass is 16.6. The highest BCUT2D eigenvalue weighted by molar-refractivity contribution is 5.68. The average Bonchev–Trinajstić information content (AvgIpc) is 2.94. The molecular formula is C16H19NO3. The number of hydrogen-bond acceptors (Lipinski definition) is 3. The number of aromatic nitrogens is 1. The molecule has 0 saturated carbocycles. The standard InChI is InChI=1S/C16H19NO3/c1-11-7-14(17-9-11)13-4-3-12(8-15(13)18-2)16-10-19-5-6-20-16/h3-4,7-9,16-17H,5-6,10H2,1-2H3. The molecule has 3 rings (SSSR count). The summed E-state index contributed by atoms with van der Waals surface area (Å²) < 4.78 is 16.7. The molecule has 1 unspecified atom stereocenters. The number of benzene rings is 1. The first-order valence-corrected chi connectivity index (χ1v) is 6.80. The normalized spacial score (nSPS) is 19.0. The zero-order chi connectivity index (χ0) is 13.9. The minimum atomic E-state index is -0.00271. The van der Waals surface area contributed by atoms with E-state index >= 15 is 0 Å². The van der Waals surface area contributed by atoms with E-state index in [1.165, 1.54) is 5.56 Å². The van der Waals surface area contributed by atoms with E-state index in [1.54, 1.807) is 7.11 Å². The Morgan fingerprint density at radius 3 is 2.80 bits per heavy atom. The van der Waals surface area contributed by atoms with Crippen LogP contribution >= 0.6 is 0 Å². The molecule has 20 heavy (non-hydrogen) atoms. The molecule has 0 bridgehead atoms. The molecule has 0 radical (unpaired) electrons. The van der Waals surface area contributed by atoms with Gasteiger partial charge in [-0.3, -0.25) is 0 Å². The topological polar surface area (TPSA) is 43.5 Å². The summed E-state index contributed by atoms with van der Waals surface area (Å²) in [7, 11) is 1.69. The van der Waals surface area contributed by atoms with Gasteiger partial charge >= 0.3 is 0 Å². The first kappa shape index (κ1) is 13.2. The number of methoxy groups -OCH3 is 1. The molecule has 2 heterocycles. The third kappa shape index (κ3) is 2.57. The second kappa shape index (κ2) is 5.69. The molecule has 0 aliphatic carbocycles. The molecule has 4 heteroatoms. The fraction of sp³-hybridized carbons (Fsp3) is 0.375. The summed E-state index contributed by atoms with van der Waals surface area (Å²) in [4.78, 5) is 3.26. The van der Waals surface area contributed by atoms with Crippen molar-refractivity contribution >= 4 is 0 Å². The lowest BCUT2D eigenvalue weighted by molar-refractivity contribution is -0.0901. The molecule has 0 spiro atoms. The van der Waals surface area contributed by atoms with Gasteiger partial charge < -0.3 is 19.2 Å². The molecule has 0 amide bonds. The number of aryl methyl sites for hydroxylation is 1. The van der Waals surface area contributed by atoms with Crippen LogP contribution in [0, 0.1) is 6.92 Å². The first-order chi connectivity index (χ1) is 9.78. The van der Waals surface area contributed by atoms with E-state index < -0.39 is 0 Å². The van der Waals surface area contributed by atoms with Gasteiger partial charge in [-0.2, -0.15) is 0 Å². The van der Waals surface area contributed by atoms with Crippen LogP contribution < -0.4 is 4.74 Å². The Labute approximate surface area is 118 Å². The van der Waals surface area contributed by atoms with Gasteiger partial charge in [-0.05, 0) is 36.2 Å². The lowest BCUT2D eigenvalue weighted by Gasteiger charge is -2.24. The number of aromatic amines is 1. The van der Waals surface area contributed by atoms with Crippen LogP contribution in [-0.2, 0) is 9.47 Å². The van der Waals surface area contributed by atoms with Crippen LogP contribution in [0.1, 0.15) is 17.2 Å². The Morgan fingerprint density at radius 1 is 1.25 bits per heavy atom. The quantitative estimate of drug-likeness (QED) is 0.934. The van der Waals surface area contributed by atoms with Crippen molar-refractivity contribution in [3.63, 3.8) is 0 Å². The summed E-state index contributed by atoms with van der Waals surface area (Å²) in [6.07, 6.45) is 1.98. The third-order valence-corrected chi connectivity index (χ3v) is 3.53. The van der Waals surface area contributed by atoms with Crippen molar-refractivity contribution in [1.29, 1.82) is 0 Å². The van der Waals surface area contributed by atoms with E-state index in [0.717, 1.165) is 22.6 Å². The minimum Gasteiger partial charge on any atom is -0.496 e. The van der Waals surface area contributed by atoms with Crippen molar-refractivity contribution in [2.45, 2.75) is 13.0 Å².